The molecule has 2 bridgehead atoms. The fourth-order valence-corrected chi connectivity index (χ4v) is 4.69. The van der Waals surface area contributed by atoms with Gasteiger partial charge in [0, 0.05) is 18.3 Å². The molecule has 0 radical (unpaired) electrons. The van der Waals surface area contributed by atoms with E-state index in [1.165, 1.54) is 19.3 Å². The van der Waals surface area contributed by atoms with Crippen molar-refractivity contribution in [2.24, 2.45) is 16.7 Å². The van der Waals surface area contributed by atoms with E-state index in [2.05, 4.69) is 50.1 Å². The molecule has 3 unspecified atom stereocenters. The molecule has 0 aromatic carbocycles. The molecule has 1 N–H and O–H groups in total. The maximum atomic E-state index is 4.49. The molecular formula is C17H26N2. The highest BCUT2D eigenvalue weighted by molar-refractivity contribution is 5.15. The minimum atomic E-state index is 0.335. The fraction of sp³-hybridized carbons (Fsp3) is 0.706. The minimum Gasteiger partial charge on any atom is -0.305 e. The number of pyridine rings is 1. The molecule has 0 saturated heterocycles. The van der Waals surface area contributed by atoms with Crippen LogP contribution in [-0.4, -0.2) is 11.0 Å². The summed E-state index contributed by atoms with van der Waals surface area (Å²) in [4.78, 5) is 4.49. The van der Waals surface area contributed by atoms with E-state index in [0.717, 1.165) is 11.6 Å². The second-order valence-corrected chi connectivity index (χ2v) is 7.49. The lowest BCUT2D eigenvalue weighted by Gasteiger charge is -2.44. The Hall–Kier alpha value is -0.890. The van der Waals surface area contributed by atoms with Gasteiger partial charge in [0.1, 0.15) is 0 Å². The van der Waals surface area contributed by atoms with E-state index in [1.54, 1.807) is 0 Å². The number of rotatable bonds is 3. The topological polar surface area (TPSA) is 24.9 Å². The normalized spacial score (nSPS) is 37.5. The van der Waals surface area contributed by atoms with Crippen molar-refractivity contribution in [3.05, 3.63) is 30.1 Å². The second-order valence-electron chi connectivity index (χ2n) is 7.49. The largest absolute Gasteiger partial charge is 0.305 e. The quantitative estimate of drug-likeness (QED) is 0.888. The minimum absolute atomic E-state index is 0.335. The third kappa shape index (κ3) is 2.01. The highest BCUT2D eigenvalue weighted by Gasteiger charge is 2.59. The lowest BCUT2D eigenvalue weighted by atomic mass is 9.68. The van der Waals surface area contributed by atoms with Crippen LogP contribution in [0.2, 0.25) is 0 Å². The predicted molar refractivity (Wildman–Crippen MR) is 78.8 cm³/mol. The highest BCUT2D eigenvalue weighted by atomic mass is 15.0. The summed E-state index contributed by atoms with van der Waals surface area (Å²) in [5, 5.41) is 3.89. The highest BCUT2D eigenvalue weighted by Crippen LogP contribution is 2.62. The van der Waals surface area contributed by atoms with Crippen LogP contribution >= 0.6 is 0 Å². The van der Waals surface area contributed by atoms with Gasteiger partial charge in [0.25, 0.3) is 0 Å². The molecule has 2 fully saturated rings. The van der Waals surface area contributed by atoms with Crippen molar-refractivity contribution in [3.63, 3.8) is 0 Å². The van der Waals surface area contributed by atoms with Gasteiger partial charge in [-0.3, -0.25) is 4.98 Å². The molecule has 2 aliphatic rings. The van der Waals surface area contributed by atoms with Gasteiger partial charge in [0.15, 0.2) is 0 Å². The Morgan fingerprint density at radius 2 is 2.11 bits per heavy atom. The van der Waals surface area contributed by atoms with Crippen molar-refractivity contribution in [2.75, 3.05) is 0 Å². The van der Waals surface area contributed by atoms with Crippen molar-refractivity contribution in [1.82, 2.24) is 10.3 Å². The summed E-state index contributed by atoms with van der Waals surface area (Å²) in [6, 6.07) is 7.13. The van der Waals surface area contributed by atoms with E-state index in [4.69, 9.17) is 0 Å². The van der Waals surface area contributed by atoms with Gasteiger partial charge in [0.05, 0.1) is 5.69 Å². The number of hydrogen-bond acceptors (Lipinski definition) is 2. The van der Waals surface area contributed by atoms with Crippen molar-refractivity contribution in [2.45, 2.75) is 59.0 Å². The average Bonchev–Trinajstić information content (AvgIpc) is 2.87. The van der Waals surface area contributed by atoms with Gasteiger partial charge in [-0.1, -0.05) is 26.8 Å². The fourth-order valence-electron chi connectivity index (χ4n) is 4.69. The van der Waals surface area contributed by atoms with Gasteiger partial charge in [0.2, 0.25) is 0 Å². The number of aromatic nitrogens is 1. The van der Waals surface area contributed by atoms with Crippen molar-refractivity contribution in [1.29, 1.82) is 0 Å². The van der Waals surface area contributed by atoms with Crippen molar-refractivity contribution in [3.8, 4) is 0 Å². The van der Waals surface area contributed by atoms with Crippen LogP contribution in [0, 0.1) is 16.7 Å². The first kappa shape index (κ1) is 13.1. The van der Waals surface area contributed by atoms with Gasteiger partial charge in [-0.2, -0.15) is 0 Å². The summed E-state index contributed by atoms with van der Waals surface area (Å²) in [7, 11) is 0. The molecule has 2 nitrogen and oxygen atoms in total. The van der Waals surface area contributed by atoms with Crippen LogP contribution in [0.5, 0.6) is 0 Å². The SMILES string of the molecule is C[C@@H](NC1C2(C)CCC(C2)C1(C)C)c1ccccn1. The van der Waals surface area contributed by atoms with Crippen LogP contribution in [-0.2, 0) is 0 Å². The molecule has 104 valence electrons. The predicted octanol–water partition coefficient (Wildman–Crippen LogP) is 3.95. The Kier molecular flexibility index (Phi) is 2.97. The third-order valence-electron chi connectivity index (χ3n) is 5.82. The number of nitrogens with zero attached hydrogens (tertiary/aromatic N) is 1. The van der Waals surface area contributed by atoms with Gasteiger partial charge in [-0.25, -0.2) is 0 Å². The molecule has 1 aromatic rings. The van der Waals surface area contributed by atoms with Crippen LogP contribution in [0.25, 0.3) is 0 Å². The number of fused-ring (bicyclic) bond motifs is 2. The Bertz CT molecular complexity index is 449. The van der Waals surface area contributed by atoms with Gasteiger partial charge >= 0.3 is 0 Å². The van der Waals surface area contributed by atoms with E-state index in [1.807, 2.05) is 12.3 Å². The molecule has 0 amide bonds. The van der Waals surface area contributed by atoms with Gasteiger partial charge in [-0.15, -0.1) is 0 Å². The zero-order valence-corrected chi connectivity index (χ0v) is 12.6. The molecule has 0 spiro atoms. The first-order valence-corrected chi connectivity index (χ1v) is 7.60. The lowest BCUT2D eigenvalue weighted by molar-refractivity contribution is 0.0998. The number of hydrogen-bond donors (Lipinski definition) is 1. The van der Waals surface area contributed by atoms with E-state index in [9.17, 15) is 0 Å². The summed E-state index contributed by atoms with van der Waals surface area (Å²) >= 11 is 0. The van der Waals surface area contributed by atoms with Crippen molar-refractivity contribution < 1.29 is 0 Å². The van der Waals surface area contributed by atoms with Crippen LogP contribution in [0.1, 0.15) is 58.7 Å². The second kappa shape index (κ2) is 4.31. The zero-order chi connectivity index (χ0) is 13.7. The first-order chi connectivity index (χ1) is 8.93. The average molecular weight is 258 g/mol. The summed E-state index contributed by atoms with van der Waals surface area (Å²) < 4.78 is 0. The van der Waals surface area contributed by atoms with Crippen LogP contribution in [0.3, 0.4) is 0 Å². The van der Waals surface area contributed by atoms with Gasteiger partial charge in [-0.05, 0) is 55.1 Å². The molecule has 0 aliphatic heterocycles. The maximum Gasteiger partial charge on any atom is 0.0570 e. The van der Waals surface area contributed by atoms with Crippen LogP contribution < -0.4 is 5.32 Å². The van der Waals surface area contributed by atoms with E-state index >= 15 is 0 Å². The molecule has 19 heavy (non-hydrogen) atoms. The lowest BCUT2D eigenvalue weighted by Crippen LogP contribution is -2.51. The summed E-state index contributed by atoms with van der Waals surface area (Å²) in [6.45, 7) is 9.62. The molecule has 2 heteroatoms. The smallest absolute Gasteiger partial charge is 0.0570 e. The molecule has 3 rings (SSSR count). The first-order valence-electron chi connectivity index (χ1n) is 7.60. The van der Waals surface area contributed by atoms with Crippen LogP contribution in [0.15, 0.2) is 24.4 Å². The van der Waals surface area contributed by atoms with E-state index in [-0.39, 0.29) is 0 Å². The van der Waals surface area contributed by atoms with Gasteiger partial charge < -0.3 is 5.32 Å². The monoisotopic (exact) mass is 258 g/mol. The molecule has 2 aliphatic carbocycles. The third-order valence-corrected chi connectivity index (χ3v) is 5.82. The van der Waals surface area contributed by atoms with Crippen LogP contribution in [0.4, 0.5) is 0 Å². The summed E-state index contributed by atoms with van der Waals surface area (Å²) in [5.41, 5.74) is 2.05. The Labute approximate surface area is 117 Å². The number of nitrogens with one attached hydrogen (secondary N) is 1. The zero-order valence-electron chi connectivity index (χ0n) is 12.6. The Morgan fingerprint density at radius 1 is 1.32 bits per heavy atom. The Balaban J connectivity index is 1.80. The molecule has 4 atom stereocenters. The Morgan fingerprint density at radius 3 is 2.68 bits per heavy atom. The summed E-state index contributed by atoms with van der Waals surface area (Å²) in [5.74, 6) is 0.894. The van der Waals surface area contributed by atoms with E-state index in [0.29, 0.717) is 22.9 Å². The van der Waals surface area contributed by atoms with E-state index < -0.39 is 0 Å². The molecule has 2 saturated carbocycles. The summed E-state index contributed by atoms with van der Waals surface area (Å²) in [6.07, 6.45) is 6.08. The van der Waals surface area contributed by atoms with Crippen molar-refractivity contribution >= 4 is 0 Å². The molecular weight excluding hydrogens is 232 g/mol. The molecule has 1 aromatic heterocycles. The molecule has 1 heterocycles. The standard InChI is InChI=1S/C17H26N2/c1-12(14-7-5-6-10-18-14)19-15-16(2,3)13-8-9-17(15,4)11-13/h5-7,10,12-13,15,19H,8-9,11H2,1-4H3/t12-,13?,15?,17?/m1/s1. The maximum absolute atomic E-state index is 4.49.